The highest BCUT2D eigenvalue weighted by molar-refractivity contribution is 7.92. The van der Waals surface area contributed by atoms with Crippen molar-refractivity contribution in [1.29, 1.82) is 0 Å². The zero-order valence-corrected chi connectivity index (χ0v) is 23.3. The molecule has 1 aromatic carbocycles. The van der Waals surface area contributed by atoms with Crippen molar-refractivity contribution in [2.24, 2.45) is 17.3 Å². The van der Waals surface area contributed by atoms with Gasteiger partial charge in [-0.05, 0) is 63.1 Å². The Kier molecular flexibility index (Phi) is 8.92. The van der Waals surface area contributed by atoms with E-state index in [2.05, 4.69) is 58.0 Å². The number of nitrogens with one attached hydrogen (secondary N) is 2. The smallest absolute Gasteiger partial charge is 0.431 e. The van der Waals surface area contributed by atoms with Gasteiger partial charge in [0.1, 0.15) is 18.5 Å². The predicted molar refractivity (Wildman–Crippen MR) is 142 cm³/mol. The SMILES string of the molecule is COc1cc(N=Nc2sc(N(C(C)C)C(C)C)n[n+]2C)c(NS(C)(=O)=O)cc1NC1CCCCC1. The summed E-state index contributed by atoms with van der Waals surface area (Å²) in [5.74, 6) is 0.587. The van der Waals surface area contributed by atoms with E-state index in [1.165, 1.54) is 30.6 Å². The van der Waals surface area contributed by atoms with Gasteiger partial charge in [-0.25, -0.2) is 8.42 Å². The highest BCUT2D eigenvalue weighted by atomic mass is 32.2. The van der Waals surface area contributed by atoms with Crippen molar-refractivity contribution in [2.45, 2.75) is 77.9 Å². The van der Waals surface area contributed by atoms with Gasteiger partial charge in [0.15, 0.2) is 0 Å². The Morgan fingerprint density at radius 2 is 1.77 bits per heavy atom. The van der Waals surface area contributed by atoms with Crippen LogP contribution in [0.25, 0.3) is 0 Å². The number of hydrogen-bond donors (Lipinski definition) is 2. The van der Waals surface area contributed by atoms with Gasteiger partial charge < -0.3 is 15.0 Å². The predicted octanol–water partition coefficient (Wildman–Crippen LogP) is 5.13. The van der Waals surface area contributed by atoms with E-state index in [4.69, 9.17) is 4.74 Å². The van der Waals surface area contributed by atoms with Gasteiger partial charge in [0.05, 0.1) is 29.9 Å². The van der Waals surface area contributed by atoms with Gasteiger partial charge in [-0.3, -0.25) is 4.72 Å². The van der Waals surface area contributed by atoms with E-state index >= 15 is 0 Å². The zero-order valence-electron chi connectivity index (χ0n) is 21.7. The molecule has 10 nitrogen and oxygen atoms in total. The van der Waals surface area contributed by atoms with E-state index in [0.717, 1.165) is 29.9 Å². The number of benzene rings is 1. The third-order valence-electron chi connectivity index (χ3n) is 5.85. The molecule has 0 saturated heterocycles. The molecule has 194 valence electrons. The summed E-state index contributed by atoms with van der Waals surface area (Å²) < 4.78 is 34.1. The number of sulfonamides is 1. The molecular weight excluding hydrogens is 486 g/mol. The monoisotopic (exact) mass is 524 g/mol. The van der Waals surface area contributed by atoms with Crippen molar-refractivity contribution < 1.29 is 17.8 Å². The summed E-state index contributed by atoms with van der Waals surface area (Å²) in [5.41, 5.74) is 1.44. The second-order valence-electron chi connectivity index (χ2n) is 9.51. The minimum absolute atomic E-state index is 0.282. The lowest BCUT2D eigenvalue weighted by Crippen LogP contribution is -2.39. The van der Waals surface area contributed by atoms with Crippen molar-refractivity contribution in [3.63, 3.8) is 0 Å². The van der Waals surface area contributed by atoms with Crippen molar-refractivity contribution in [1.82, 2.24) is 5.10 Å². The number of azo groups is 1. The van der Waals surface area contributed by atoms with Crippen molar-refractivity contribution in [3.8, 4) is 5.75 Å². The number of anilines is 3. The summed E-state index contributed by atoms with van der Waals surface area (Å²) in [7, 11) is -0.117. The summed E-state index contributed by atoms with van der Waals surface area (Å²) in [4.78, 5) is 2.22. The number of ether oxygens (including phenoxy) is 1. The number of nitrogens with zero attached hydrogens (tertiary/aromatic N) is 5. The Labute approximate surface area is 212 Å². The molecule has 1 heterocycles. The van der Waals surface area contributed by atoms with Gasteiger partial charge in [0.2, 0.25) is 15.2 Å². The molecule has 0 bridgehead atoms. The molecule has 0 radical (unpaired) electrons. The Bertz CT molecular complexity index is 1130. The van der Waals surface area contributed by atoms with E-state index in [1.54, 1.807) is 23.9 Å². The lowest BCUT2D eigenvalue weighted by molar-refractivity contribution is -0.712. The average Bonchev–Trinajstić information content (AvgIpc) is 3.11. The standard InChI is InChI=1S/C23H37N7O3S2/c1-15(2)30(16(3)4)23-27-29(5)22(34-23)26-25-18-14-21(33-6)20(13-19(18)28-35(7,31)32)24-17-11-9-8-10-12-17/h13-17H,8-12H2,1-7H3,(H,24,28)/p+1. The fraction of sp³-hybridized carbons (Fsp3) is 0.652. The highest BCUT2D eigenvalue weighted by Crippen LogP contribution is 2.39. The third-order valence-corrected chi connectivity index (χ3v) is 7.44. The molecule has 1 fully saturated rings. The molecule has 0 atom stereocenters. The van der Waals surface area contributed by atoms with Gasteiger partial charge in [0, 0.05) is 24.2 Å². The first-order valence-corrected chi connectivity index (χ1v) is 14.7. The second kappa shape index (κ2) is 11.5. The minimum Gasteiger partial charge on any atom is -0.495 e. The average molecular weight is 525 g/mol. The highest BCUT2D eigenvalue weighted by Gasteiger charge is 2.25. The van der Waals surface area contributed by atoms with Crippen molar-refractivity contribution >= 4 is 48.7 Å². The topological polar surface area (TPSA) is 112 Å². The van der Waals surface area contributed by atoms with Crippen LogP contribution >= 0.6 is 11.3 Å². The van der Waals surface area contributed by atoms with E-state index in [-0.39, 0.29) is 12.1 Å². The Balaban J connectivity index is 1.97. The quantitative estimate of drug-likeness (QED) is 0.329. The molecule has 12 heteroatoms. The van der Waals surface area contributed by atoms with Crippen LogP contribution in [0.4, 0.5) is 27.3 Å². The maximum Gasteiger partial charge on any atom is 0.431 e. The molecule has 0 unspecified atom stereocenters. The Morgan fingerprint density at radius 1 is 1.11 bits per heavy atom. The van der Waals surface area contributed by atoms with Crippen molar-refractivity contribution in [3.05, 3.63) is 12.1 Å². The molecule has 2 N–H and O–H groups in total. The summed E-state index contributed by atoms with van der Waals surface area (Å²) >= 11 is 1.43. The van der Waals surface area contributed by atoms with Gasteiger partial charge >= 0.3 is 5.13 Å². The number of aromatic nitrogens is 2. The molecule has 3 rings (SSSR count). The number of aryl methyl sites for hydroxylation is 1. The zero-order chi connectivity index (χ0) is 25.8. The van der Waals surface area contributed by atoms with E-state index in [0.29, 0.717) is 28.3 Å². The minimum atomic E-state index is -3.53. The van der Waals surface area contributed by atoms with Crippen LogP contribution in [-0.4, -0.2) is 45.0 Å². The van der Waals surface area contributed by atoms with E-state index < -0.39 is 10.0 Å². The van der Waals surface area contributed by atoms with Crippen LogP contribution in [0.1, 0.15) is 59.8 Å². The Hall–Kier alpha value is -2.47. The van der Waals surface area contributed by atoms with Crippen LogP contribution in [0.2, 0.25) is 0 Å². The van der Waals surface area contributed by atoms with Gasteiger partial charge in [-0.15, -0.1) is 4.68 Å². The number of rotatable bonds is 10. The maximum atomic E-state index is 12.1. The van der Waals surface area contributed by atoms with Gasteiger partial charge in [0.25, 0.3) is 0 Å². The lowest BCUT2D eigenvalue weighted by Gasteiger charge is -2.28. The summed E-state index contributed by atoms with van der Waals surface area (Å²) in [6.07, 6.45) is 6.88. The molecule has 1 saturated carbocycles. The van der Waals surface area contributed by atoms with Crippen LogP contribution in [0, 0.1) is 0 Å². The van der Waals surface area contributed by atoms with Gasteiger partial charge in [-0.1, -0.05) is 24.4 Å². The third kappa shape index (κ3) is 7.26. The first-order chi connectivity index (χ1) is 16.5. The second-order valence-corrected chi connectivity index (χ2v) is 12.2. The molecule has 0 spiro atoms. The van der Waals surface area contributed by atoms with E-state index in [1.807, 2.05) is 7.05 Å². The number of methoxy groups -OCH3 is 1. The Morgan fingerprint density at radius 3 is 2.34 bits per heavy atom. The van der Waals surface area contributed by atoms with Crippen LogP contribution < -0.4 is 24.4 Å². The van der Waals surface area contributed by atoms with Gasteiger partial charge in [-0.2, -0.15) is 0 Å². The summed E-state index contributed by atoms with van der Waals surface area (Å²) in [6, 6.07) is 4.34. The normalized spacial score (nSPS) is 15.2. The molecule has 35 heavy (non-hydrogen) atoms. The number of hydrogen-bond acceptors (Lipinski definition) is 9. The molecule has 2 aromatic rings. The van der Waals surface area contributed by atoms with Crippen LogP contribution in [-0.2, 0) is 17.1 Å². The van der Waals surface area contributed by atoms with Crippen molar-refractivity contribution in [2.75, 3.05) is 28.3 Å². The van der Waals surface area contributed by atoms with Crippen LogP contribution in [0.3, 0.4) is 0 Å². The summed E-state index contributed by atoms with van der Waals surface area (Å²) in [5, 5.41) is 18.4. The molecule has 0 amide bonds. The van der Waals surface area contributed by atoms with E-state index in [9.17, 15) is 8.42 Å². The first kappa shape index (κ1) is 27.1. The summed E-state index contributed by atoms with van der Waals surface area (Å²) in [6.45, 7) is 8.50. The van der Waals surface area contributed by atoms with Crippen LogP contribution in [0.15, 0.2) is 22.4 Å². The fourth-order valence-corrected chi connectivity index (χ4v) is 6.02. The maximum absolute atomic E-state index is 12.1. The molecule has 1 aromatic heterocycles. The lowest BCUT2D eigenvalue weighted by atomic mass is 9.95. The molecule has 0 aliphatic heterocycles. The molecule has 1 aliphatic rings. The van der Waals surface area contributed by atoms with Crippen LogP contribution in [0.5, 0.6) is 5.75 Å². The first-order valence-electron chi connectivity index (χ1n) is 12.0. The fourth-order valence-electron chi connectivity index (χ4n) is 4.35. The molecular formula is C23H38N7O3S2+. The largest absolute Gasteiger partial charge is 0.495 e. The molecule has 1 aliphatic carbocycles.